The average molecular weight is 256 g/mol. The Kier molecular flexibility index (Phi) is 3.28. The van der Waals surface area contributed by atoms with Crippen molar-refractivity contribution in [2.24, 2.45) is 0 Å². The molecule has 0 bridgehead atoms. The van der Waals surface area contributed by atoms with Gasteiger partial charge < -0.3 is 0 Å². The number of benzene rings is 1. The first-order valence-corrected chi connectivity index (χ1v) is 5.66. The molecule has 88 valence electrons. The van der Waals surface area contributed by atoms with Gasteiger partial charge in [0, 0.05) is 16.9 Å². The predicted octanol–water partition coefficient (Wildman–Crippen LogP) is 3.59. The lowest BCUT2D eigenvalue weighted by molar-refractivity contribution is 0.0992. The van der Waals surface area contributed by atoms with Crippen LogP contribution in [0.15, 0.2) is 29.6 Å². The van der Waals surface area contributed by atoms with Crippen molar-refractivity contribution in [2.75, 3.05) is 0 Å². The maximum Gasteiger partial charge on any atom is 0.194 e. The molecule has 0 saturated heterocycles. The van der Waals surface area contributed by atoms with Crippen LogP contribution in [-0.2, 0) is 6.42 Å². The molecular weight excluding hydrogens is 249 g/mol. The largest absolute Gasteiger partial charge is 0.294 e. The van der Waals surface area contributed by atoms with Crippen molar-refractivity contribution in [1.29, 1.82) is 0 Å². The number of halogens is 3. The van der Waals surface area contributed by atoms with Crippen LogP contribution < -0.4 is 0 Å². The minimum Gasteiger partial charge on any atom is -0.294 e. The van der Waals surface area contributed by atoms with E-state index in [2.05, 4.69) is 0 Å². The summed E-state index contributed by atoms with van der Waals surface area (Å²) in [7, 11) is 0. The third-order valence-electron chi connectivity index (χ3n) is 2.22. The molecule has 0 unspecified atom stereocenters. The van der Waals surface area contributed by atoms with Crippen molar-refractivity contribution in [3.8, 4) is 0 Å². The Morgan fingerprint density at radius 2 is 1.82 bits per heavy atom. The van der Waals surface area contributed by atoms with Gasteiger partial charge in [-0.1, -0.05) is 6.07 Å². The molecule has 1 nitrogen and oxygen atoms in total. The third kappa shape index (κ3) is 2.55. The van der Waals surface area contributed by atoms with Crippen molar-refractivity contribution in [2.45, 2.75) is 6.42 Å². The lowest BCUT2D eigenvalue weighted by atomic mass is 10.1. The lowest BCUT2D eigenvalue weighted by Gasteiger charge is -2.01. The van der Waals surface area contributed by atoms with E-state index >= 15 is 0 Å². The maximum absolute atomic E-state index is 12.9. The first-order chi connectivity index (χ1) is 8.08. The van der Waals surface area contributed by atoms with Crippen molar-refractivity contribution in [1.82, 2.24) is 0 Å². The smallest absolute Gasteiger partial charge is 0.194 e. The van der Waals surface area contributed by atoms with E-state index in [1.807, 2.05) is 0 Å². The number of Topliss-reactive ketones (excluding diaryl/α,β-unsaturated/α-hetero) is 1. The fourth-order valence-corrected chi connectivity index (χ4v) is 2.09. The van der Waals surface area contributed by atoms with Gasteiger partial charge in [-0.2, -0.15) is 0 Å². The second kappa shape index (κ2) is 4.71. The van der Waals surface area contributed by atoms with Gasteiger partial charge in [-0.25, -0.2) is 13.2 Å². The molecule has 2 aromatic rings. The molecule has 0 aliphatic carbocycles. The molecule has 0 amide bonds. The summed E-state index contributed by atoms with van der Waals surface area (Å²) < 4.78 is 38.5. The van der Waals surface area contributed by atoms with Crippen LogP contribution in [0.5, 0.6) is 0 Å². The van der Waals surface area contributed by atoms with Crippen molar-refractivity contribution in [3.63, 3.8) is 0 Å². The Balaban J connectivity index is 2.26. The second-order valence-electron chi connectivity index (χ2n) is 3.43. The third-order valence-corrected chi connectivity index (χ3v) is 3.10. The Morgan fingerprint density at radius 3 is 2.35 bits per heavy atom. The fourth-order valence-electron chi connectivity index (χ4n) is 1.39. The summed E-state index contributed by atoms with van der Waals surface area (Å²) in [6.07, 6.45) is 0.0577. The van der Waals surface area contributed by atoms with E-state index in [0.717, 1.165) is 4.88 Å². The van der Waals surface area contributed by atoms with Gasteiger partial charge in [-0.3, -0.25) is 4.79 Å². The van der Waals surface area contributed by atoms with E-state index in [1.165, 1.54) is 11.3 Å². The number of thiophene rings is 1. The molecule has 0 fully saturated rings. The Hall–Kier alpha value is -1.62. The summed E-state index contributed by atoms with van der Waals surface area (Å²) in [5, 5.41) is 1.80. The van der Waals surface area contributed by atoms with E-state index in [4.69, 9.17) is 0 Å². The highest BCUT2D eigenvalue weighted by atomic mass is 32.1. The minimum atomic E-state index is -1.56. The quantitative estimate of drug-likeness (QED) is 0.606. The summed E-state index contributed by atoms with van der Waals surface area (Å²) in [4.78, 5) is 12.5. The Morgan fingerprint density at radius 1 is 1.18 bits per heavy atom. The molecule has 0 radical (unpaired) electrons. The predicted molar refractivity (Wildman–Crippen MR) is 58.7 cm³/mol. The van der Waals surface area contributed by atoms with Crippen LogP contribution in [0.3, 0.4) is 0 Å². The van der Waals surface area contributed by atoms with Crippen LogP contribution in [0.2, 0.25) is 0 Å². The van der Waals surface area contributed by atoms with Crippen molar-refractivity contribution >= 4 is 17.1 Å². The van der Waals surface area contributed by atoms with Crippen LogP contribution >= 0.6 is 11.3 Å². The molecule has 0 atom stereocenters. The molecule has 0 spiro atoms. The number of carbonyl (C=O) groups is 1. The molecule has 0 aliphatic rings. The molecule has 17 heavy (non-hydrogen) atoms. The van der Waals surface area contributed by atoms with E-state index < -0.39 is 23.2 Å². The van der Waals surface area contributed by atoms with Gasteiger partial charge in [-0.05, 0) is 23.6 Å². The lowest BCUT2D eigenvalue weighted by Crippen LogP contribution is -2.05. The molecule has 0 N–H and O–H groups in total. The zero-order valence-corrected chi connectivity index (χ0v) is 9.36. The summed E-state index contributed by atoms with van der Waals surface area (Å²) in [6.45, 7) is 0. The second-order valence-corrected chi connectivity index (χ2v) is 4.47. The topological polar surface area (TPSA) is 17.1 Å². The number of hydrogen-bond donors (Lipinski definition) is 0. The standard InChI is InChI=1S/C12H7F3OS/c13-9-4-7(5-10(14)12(9)15)11(16)6-8-2-1-3-17-8/h1-5H,6H2. The highest BCUT2D eigenvalue weighted by Crippen LogP contribution is 2.17. The first-order valence-electron chi connectivity index (χ1n) is 4.78. The number of hydrogen-bond acceptors (Lipinski definition) is 2. The van der Waals surface area contributed by atoms with Crippen LogP contribution in [-0.4, -0.2) is 5.78 Å². The highest BCUT2D eigenvalue weighted by Gasteiger charge is 2.15. The SMILES string of the molecule is O=C(Cc1cccs1)c1cc(F)c(F)c(F)c1. The van der Waals surface area contributed by atoms with E-state index in [9.17, 15) is 18.0 Å². The molecule has 0 saturated carbocycles. The summed E-state index contributed by atoms with van der Waals surface area (Å²) in [6, 6.07) is 4.96. The van der Waals surface area contributed by atoms with Crippen LogP contribution in [0.4, 0.5) is 13.2 Å². The molecule has 0 aliphatic heterocycles. The minimum absolute atomic E-state index is 0.0577. The first kappa shape index (κ1) is 11.9. The molecule has 5 heteroatoms. The van der Waals surface area contributed by atoms with Gasteiger partial charge in [-0.15, -0.1) is 11.3 Å². The van der Waals surface area contributed by atoms with Gasteiger partial charge in [0.25, 0.3) is 0 Å². The van der Waals surface area contributed by atoms with Crippen LogP contribution in [0.25, 0.3) is 0 Å². The van der Waals surface area contributed by atoms with E-state index in [1.54, 1.807) is 17.5 Å². The molecule has 1 heterocycles. The van der Waals surface area contributed by atoms with Crippen LogP contribution in [0.1, 0.15) is 15.2 Å². The highest BCUT2D eigenvalue weighted by molar-refractivity contribution is 7.10. The van der Waals surface area contributed by atoms with Crippen LogP contribution in [0, 0.1) is 17.5 Å². The molecule has 2 rings (SSSR count). The van der Waals surface area contributed by atoms with E-state index in [0.29, 0.717) is 12.1 Å². The Labute approximate surface area is 99.5 Å². The van der Waals surface area contributed by atoms with Gasteiger partial charge >= 0.3 is 0 Å². The number of ketones is 1. The monoisotopic (exact) mass is 256 g/mol. The fraction of sp³-hybridized carbons (Fsp3) is 0.0833. The van der Waals surface area contributed by atoms with Gasteiger partial charge in [0.2, 0.25) is 0 Å². The average Bonchev–Trinajstić information content (AvgIpc) is 2.77. The van der Waals surface area contributed by atoms with Gasteiger partial charge in [0.15, 0.2) is 23.2 Å². The maximum atomic E-state index is 12.9. The zero-order chi connectivity index (χ0) is 12.4. The summed E-state index contributed by atoms with van der Waals surface area (Å²) >= 11 is 1.38. The van der Waals surface area contributed by atoms with E-state index in [-0.39, 0.29) is 12.0 Å². The summed E-state index contributed by atoms with van der Waals surface area (Å²) in [5.74, 6) is -4.69. The van der Waals surface area contributed by atoms with Crippen molar-refractivity contribution < 1.29 is 18.0 Å². The zero-order valence-electron chi connectivity index (χ0n) is 8.54. The van der Waals surface area contributed by atoms with Crippen molar-refractivity contribution in [3.05, 3.63) is 57.5 Å². The number of rotatable bonds is 3. The normalized spacial score (nSPS) is 10.5. The van der Waals surface area contributed by atoms with Gasteiger partial charge in [0.05, 0.1) is 0 Å². The molecule has 1 aromatic heterocycles. The molecular formula is C12H7F3OS. The number of carbonyl (C=O) groups excluding carboxylic acids is 1. The Bertz CT molecular complexity index is 526. The molecule has 1 aromatic carbocycles. The summed E-state index contributed by atoms with van der Waals surface area (Å²) in [5.41, 5.74) is -0.158. The van der Waals surface area contributed by atoms with Gasteiger partial charge in [0.1, 0.15) is 0 Å².